The fourth-order valence-electron chi connectivity index (χ4n) is 4.99. The minimum absolute atomic E-state index is 0.608. The first-order chi connectivity index (χ1) is 9.64. The number of rotatable bonds is 3. The Bertz CT molecular complexity index is 403. The molecule has 2 heterocycles. The average molecular weight is 276 g/mol. The van der Waals surface area contributed by atoms with Crippen LogP contribution in [0.4, 0.5) is 0 Å². The summed E-state index contributed by atoms with van der Waals surface area (Å²) in [6.07, 6.45) is 8.16. The van der Waals surface area contributed by atoms with Gasteiger partial charge in [0.2, 0.25) is 0 Å². The van der Waals surface area contributed by atoms with E-state index >= 15 is 0 Å². The Kier molecular flexibility index (Phi) is 2.94. The Hall–Kier alpha value is -0.540. The van der Waals surface area contributed by atoms with Crippen LogP contribution in [0.2, 0.25) is 0 Å². The molecule has 2 aliphatic heterocycles. The highest BCUT2D eigenvalue weighted by Gasteiger charge is 2.70. The normalized spacial score (nSPS) is 41.1. The summed E-state index contributed by atoms with van der Waals surface area (Å²) in [6, 6.07) is 0. The lowest BCUT2D eigenvalue weighted by Gasteiger charge is -2.76. The van der Waals surface area contributed by atoms with Crippen molar-refractivity contribution in [2.45, 2.75) is 45.1 Å². The van der Waals surface area contributed by atoms with Gasteiger partial charge in [0.15, 0.2) is 0 Å². The molecule has 5 rings (SSSR count). The monoisotopic (exact) mass is 276 g/mol. The highest BCUT2D eigenvalue weighted by atomic mass is 16.5. The maximum Gasteiger partial charge on any atom is 0.0642 e. The van der Waals surface area contributed by atoms with Gasteiger partial charge in [-0.3, -0.25) is 4.90 Å². The van der Waals surface area contributed by atoms with Crippen molar-refractivity contribution in [1.29, 1.82) is 0 Å². The zero-order valence-electron chi connectivity index (χ0n) is 13.0. The molecule has 20 heavy (non-hydrogen) atoms. The van der Waals surface area contributed by atoms with Crippen LogP contribution < -0.4 is 0 Å². The van der Waals surface area contributed by atoms with Crippen molar-refractivity contribution in [3.05, 3.63) is 11.8 Å². The number of hydrogen-bond donors (Lipinski definition) is 0. The summed E-state index contributed by atoms with van der Waals surface area (Å²) in [6.45, 7) is 11.3. The number of hydrogen-bond acceptors (Lipinski definition) is 3. The van der Waals surface area contributed by atoms with E-state index < -0.39 is 0 Å². The molecule has 0 radical (unpaired) electrons. The van der Waals surface area contributed by atoms with E-state index in [1.54, 1.807) is 5.70 Å². The van der Waals surface area contributed by atoms with Crippen LogP contribution in [0.25, 0.3) is 0 Å². The first kappa shape index (κ1) is 13.1. The Morgan fingerprint density at radius 3 is 2.35 bits per heavy atom. The highest BCUT2D eigenvalue weighted by molar-refractivity contribution is 5.26. The average Bonchev–Trinajstić information content (AvgIpc) is 2.37. The summed E-state index contributed by atoms with van der Waals surface area (Å²) < 4.78 is 5.45. The van der Waals surface area contributed by atoms with Gasteiger partial charge in [0, 0.05) is 37.4 Å². The lowest BCUT2D eigenvalue weighted by Crippen LogP contribution is -2.76. The molecule has 1 saturated heterocycles. The van der Waals surface area contributed by atoms with Gasteiger partial charge >= 0.3 is 0 Å². The molecule has 0 aromatic heterocycles. The van der Waals surface area contributed by atoms with E-state index in [1.807, 2.05) is 0 Å². The van der Waals surface area contributed by atoms with E-state index in [-0.39, 0.29) is 0 Å². The van der Waals surface area contributed by atoms with E-state index in [4.69, 9.17) is 4.74 Å². The molecular formula is C17H28N2O. The van der Waals surface area contributed by atoms with Crippen molar-refractivity contribution in [2.24, 2.45) is 11.3 Å². The third kappa shape index (κ3) is 1.79. The van der Waals surface area contributed by atoms with Gasteiger partial charge in [-0.05, 0) is 37.0 Å². The zero-order valence-corrected chi connectivity index (χ0v) is 13.0. The Balaban J connectivity index is 1.35. The topological polar surface area (TPSA) is 15.7 Å². The van der Waals surface area contributed by atoms with Gasteiger partial charge in [-0.2, -0.15) is 0 Å². The van der Waals surface area contributed by atoms with E-state index in [0.717, 1.165) is 37.6 Å². The van der Waals surface area contributed by atoms with Gasteiger partial charge in [-0.1, -0.05) is 19.9 Å². The number of nitrogens with zero attached hydrogens (tertiary/aromatic N) is 2. The van der Waals surface area contributed by atoms with Crippen molar-refractivity contribution in [2.75, 3.05) is 39.4 Å². The molecule has 0 N–H and O–H groups in total. The molecule has 3 nitrogen and oxygen atoms in total. The number of morpholine rings is 1. The molecule has 4 fully saturated rings. The maximum atomic E-state index is 5.45. The predicted molar refractivity (Wildman–Crippen MR) is 80.5 cm³/mol. The van der Waals surface area contributed by atoms with Gasteiger partial charge in [-0.25, -0.2) is 0 Å². The van der Waals surface area contributed by atoms with Crippen molar-refractivity contribution in [3.63, 3.8) is 0 Å². The van der Waals surface area contributed by atoms with Crippen molar-refractivity contribution >= 4 is 0 Å². The molecular weight excluding hydrogens is 248 g/mol. The quantitative estimate of drug-likeness (QED) is 0.787. The highest BCUT2D eigenvalue weighted by Crippen LogP contribution is 2.73. The van der Waals surface area contributed by atoms with Crippen LogP contribution >= 0.6 is 0 Å². The third-order valence-electron chi connectivity index (χ3n) is 6.54. The van der Waals surface area contributed by atoms with Crippen molar-refractivity contribution < 1.29 is 4.74 Å². The zero-order chi connectivity index (χ0) is 13.8. The SMILES string of the molecule is CC(C)C12CC(N3CC=C(N4CCOCC4)CC3)(C1)C2. The van der Waals surface area contributed by atoms with Crippen LogP contribution in [-0.2, 0) is 4.74 Å². The van der Waals surface area contributed by atoms with Gasteiger partial charge in [0.05, 0.1) is 13.2 Å². The van der Waals surface area contributed by atoms with Crippen LogP contribution in [0.3, 0.4) is 0 Å². The second-order valence-corrected chi connectivity index (χ2v) is 7.76. The summed E-state index contributed by atoms with van der Waals surface area (Å²) in [4.78, 5) is 5.32. The minimum atomic E-state index is 0.608. The smallest absolute Gasteiger partial charge is 0.0642 e. The van der Waals surface area contributed by atoms with Gasteiger partial charge in [0.1, 0.15) is 0 Å². The Morgan fingerprint density at radius 2 is 1.80 bits per heavy atom. The molecule has 3 saturated carbocycles. The number of ether oxygens (including phenoxy) is 1. The Morgan fingerprint density at radius 1 is 1.10 bits per heavy atom. The van der Waals surface area contributed by atoms with Gasteiger partial charge in [-0.15, -0.1) is 0 Å². The predicted octanol–water partition coefficient (Wildman–Crippen LogP) is 2.49. The molecule has 3 aliphatic carbocycles. The first-order valence-corrected chi connectivity index (χ1v) is 8.40. The minimum Gasteiger partial charge on any atom is -0.378 e. The molecule has 112 valence electrons. The maximum absolute atomic E-state index is 5.45. The molecule has 0 spiro atoms. The van der Waals surface area contributed by atoms with E-state index in [2.05, 4.69) is 29.7 Å². The van der Waals surface area contributed by atoms with Crippen LogP contribution in [0.15, 0.2) is 11.8 Å². The van der Waals surface area contributed by atoms with Crippen molar-refractivity contribution in [1.82, 2.24) is 9.80 Å². The molecule has 3 heteroatoms. The summed E-state index contributed by atoms with van der Waals surface area (Å²) in [5.74, 6) is 0.883. The molecule has 0 unspecified atom stereocenters. The second-order valence-electron chi connectivity index (χ2n) is 7.76. The van der Waals surface area contributed by atoms with Crippen LogP contribution in [0, 0.1) is 11.3 Å². The van der Waals surface area contributed by atoms with Crippen LogP contribution in [0.1, 0.15) is 39.5 Å². The Labute approximate surface area is 122 Å². The molecule has 5 aliphatic rings. The molecule has 2 bridgehead atoms. The largest absolute Gasteiger partial charge is 0.378 e. The standard InChI is InChI=1S/C17H28N2O/c1-14(2)16-11-17(12-16,13-16)19-5-3-15(4-6-19)18-7-9-20-10-8-18/h3,14H,4-13H2,1-2H3. The summed E-state index contributed by atoms with van der Waals surface area (Å²) in [5.41, 5.74) is 2.92. The van der Waals surface area contributed by atoms with Crippen LogP contribution in [0.5, 0.6) is 0 Å². The van der Waals surface area contributed by atoms with E-state index in [1.165, 1.54) is 38.8 Å². The van der Waals surface area contributed by atoms with Crippen LogP contribution in [-0.4, -0.2) is 54.7 Å². The summed E-state index contributed by atoms with van der Waals surface area (Å²) in [7, 11) is 0. The third-order valence-corrected chi connectivity index (χ3v) is 6.54. The van der Waals surface area contributed by atoms with E-state index in [9.17, 15) is 0 Å². The fourth-order valence-corrected chi connectivity index (χ4v) is 4.99. The lowest BCUT2D eigenvalue weighted by molar-refractivity contribution is -0.240. The molecule has 0 atom stereocenters. The molecule has 0 aromatic rings. The second kappa shape index (κ2) is 4.48. The summed E-state index contributed by atoms with van der Waals surface area (Å²) in [5, 5.41) is 0. The lowest BCUT2D eigenvalue weighted by atomic mass is 9.35. The van der Waals surface area contributed by atoms with E-state index in [0.29, 0.717) is 5.54 Å². The van der Waals surface area contributed by atoms with Crippen molar-refractivity contribution in [3.8, 4) is 0 Å². The fraction of sp³-hybridized carbons (Fsp3) is 0.882. The van der Waals surface area contributed by atoms with Gasteiger partial charge in [0.25, 0.3) is 0 Å². The molecule has 0 amide bonds. The first-order valence-electron chi connectivity index (χ1n) is 8.40. The summed E-state index contributed by atoms with van der Waals surface area (Å²) >= 11 is 0. The molecule has 0 aromatic carbocycles. The van der Waals surface area contributed by atoms with Gasteiger partial charge < -0.3 is 9.64 Å².